The quantitative estimate of drug-likeness (QED) is 0.540. The van der Waals surface area contributed by atoms with Gasteiger partial charge in [0.25, 0.3) is 5.91 Å². The number of halogens is 1. The summed E-state index contributed by atoms with van der Waals surface area (Å²) in [5.41, 5.74) is 0.943. The molecule has 1 aromatic carbocycles. The fourth-order valence-corrected chi connectivity index (χ4v) is 3.78. The fourth-order valence-electron chi connectivity index (χ4n) is 2.29. The first-order valence-corrected chi connectivity index (χ1v) is 9.59. The van der Waals surface area contributed by atoms with E-state index in [0.717, 1.165) is 11.3 Å². The topological polar surface area (TPSA) is 100 Å². The summed E-state index contributed by atoms with van der Waals surface area (Å²) in [5, 5.41) is 15.4. The molecule has 1 aromatic heterocycles. The van der Waals surface area contributed by atoms with Gasteiger partial charge in [0.2, 0.25) is 0 Å². The van der Waals surface area contributed by atoms with E-state index in [1.54, 1.807) is 26.0 Å². The monoisotopic (exact) mass is 437 g/mol. The molecule has 0 aliphatic carbocycles. The van der Waals surface area contributed by atoms with E-state index < -0.39 is 11.9 Å². The molecule has 0 bridgehead atoms. The number of carbonyl (C=O) groups is 2. The Labute approximate surface area is 176 Å². The predicted molar refractivity (Wildman–Crippen MR) is 111 cm³/mol. The first-order valence-electron chi connectivity index (χ1n) is 7.98. The van der Waals surface area contributed by atoms with E-state index in [1.165, 1.54) is 13.2 Å². The average molecular weight is 438 g/mol. The van der Waals surface area contributed by atoms with Crippen molar-refractivity contribution in [1.29, 1.82) is 5.26 Å². The SMILES string of the molecule is CCOC(=O)c1sc(NC(=S)NC(=O)c2cc(Cl)ccc2OC)c(C#N)c1C. The normalized spacial score (nSPS) is 9.96. The van der Waals surface area contributed by atoms with Crippen LogP contribution in [0, 0.1) is 18.3 Å². The van der Waals surface area contributed by atoms with Crippen LogP contribution >= 0.6 is 35.2 Å². The van der Waals surface area contributed by atoms with E-state index in [0.29, 0.717) is 26.2 Å². The van der Waals surface area contributed by atoms with Gasteiger partial charge in [-0.25, -0.2) is 4.79 Å². The maximum Gasteiger partial charge on any atom is 0.348 e. The van der Waals surface area contributed by atoms with Gasteiger partial charge in [0.05, 0.1) is 24.8 Å². The Kier molecular flexibility index (Phi) is 7.34. The zero-order chi connectivity index (χ0) is 20.8. The maximum atomic E-state index is 12.5. The highest BCUT2D eigenvalue weighted by molar-refractivity contribution is 7.80. The minimum atomic E-state index is -0.533. The van der Waals surface area contributed by atoms with Gasteiger partial charge in [-0.3, -0.25) is 10.1 Å². The van der Waals surface area contributed by atoms with Crippen molar-refractivity contribution in [3.05, 3.63) is 44.8 Å². The van der Waals surface area contributed by atoms with E-state index in [9.17, 15) is 14.9 Å². The molecule has 0 saturated heterocycles. The number of amides is 1. The molecular weight excluding hydrogens is 422 g/mol. The molecule has 0 unspecified atom stereocenters. The molecule has 0 fully saturated rings. The lowest BCUT2D eigenvalue weighted by Gasteiger charge is -2.11. The van der Waals surface area contributed by atoms with Crippen LogP contribution in [0.2, 0.25) is 5.02 Å². The van der Waals surface area contributed by atoms with Crippen LogP contribution in [0.15, 0.2) is 18.2 Å². The molecule has 0 atom stereocenters. The Bertz CT molecular complexity index is 982. The molecule has 1 amide bonds. The smallest absolute Gasteiger partial charge is 0.348 e. The van der Waals surface area contributed by atoms with Gasteiger partial charge in [0.15, 0.2) is 5.11 Å². The number of thiophene rings is 1. The molecule has 0 aliphatic heterocycles. The van der Waals surface area contributed by atoms with Crippen molar-refractivity contribution >= 4 is 57.1 Å². The average Bonchev–Trinajstić information content (AvgIpc) is 2.96. The van der Waals surface area contributed by atoms with Crippen LogP contribution in [-0.2, 0) is 4.74 Å². The van der Waals surface area contributed by atoms with Crippen LogP contribution in [-0.4, -0.2) is 30.7 Å². The Morgan fingerprint density at radius 2 is 2.11 bits per heavy atom. The molecule has 2 rings (SSSR count). The number of benzene rings is 1. The van der Waals surface area contributed by atoms with Crippen LogP contribution in [0.3, 0.4) is 0 Å². The van der Waals surface area contributed by atoms with Gasteiger partial charge in [0.1, 0.15) is 21.7 Å². The number of nitrogens with zero attached hydrogens (tertiary/aromatic N) is 1. The van der Waals surface area contributed by atoms with E-state index in [1.807, 2.05) is 6.07 Å². The van der Waals surface area contributed by atoms with Gasteiger partial charge in [0, 0.05) is 5.02 Å². The summed E-state index contributed by atoms with van der Waals surface area (Å²) in [6, 6.07) is 6.64. The number of nitriles is 1. The maximum absolute atomic E-state index is 12.5. The van der Waals surface area contributed by atoms with Gasteiger partial charge in [-0.15, -0.1) is 11.3 Å². The molecule has 0 saturated carbocycles. The molecule has 2 aromatic rings. The summed E-state index contributed by atoms with van der Waals surface area (Å²) in [5.74, 6) is -0.721. The van der Waals surface area contributed by atoms with Crippen molar-refractivity contribution in [3.63, 3.8) is 0 Å². The summed E-state index contributed by atoms with van der Waals surface area (Å²) in [6.07, 6.45) is 0. The molecule has 146 valence electrons. The zero-order valence-electron chi connectivity index (χ0n) is 15.2. The number of anilines is 1. The molecule has 1 heterocycles. The number of hydrogen-bond acceptors (Lipinski definition) is 7. The number of thiocarbonyl (C=S) groups is 1. The van der Waals surface area contributed by atoms with Crippen LogP contribution < -0.4 is 15.4 Å². The molecule has 2 N–H and O–H groups in total. The van der Waals surface area contributed by atoms with E-state index in [2.05, 4.69) is 10.6 Å². The largest absolute Gasteiger partial charge is 0.496 e. The number of nitrogens with one attached hydrogen (secondary N) is 2. The highest BCUT2D eigenvalue weighted by atomic mass is 35.5. The number of esters is 1. The molecular formula is C18H16ClN3O4S2. The lowest BCUT2D eigenvalue weighted by Crippen LogP contribution is -2.34. The summed E-state index contributed by atoms with van der Waals surface area (Å²) in [7, 11) is 1.43. The lowest BCUT2D eigenvalue weighted by atomic mass is 10.2. The summed E-state index contributed by atoms with van der Waals surface area (Å²) >= 11 is 12.1. The van der Waals surface area contributed by atoms with Crippen molar-refractivity contribution in [2.75, 3.05) is 19.0 Å². The second kappa shape index (κ2) is 9.50. The van der Waals surface area contributed by atoms with Crippen LogP contribution in [0.5, 0.6) is 5.75 Å². The Morgan fingerprint density at radius 3 is 2.71 bits per heavy atom. The third-order valence-corrected chi connectivity index (χ3v) is 5.21. The lowest BCUT2D eigenvalue weighted by molar-refractivity contribution is 0.0531. The van der Waals surface area contributed by atoms with Crippen LogP contribution in [0.1, 0.15) is 38.1 Å². The Morgan fingerprint density at radius 1 is 1.39 bits per heavy atom. The zero-order valence-corrected chi connectivity index (χ0v) is 17.6. The molecule has 7 nitrogen and oxygen atoms in total. The highest BCUT2D eigenvalue weighted by Crippen LogP contribution is 2.33. The molecule has 0 radical (unpaired) electrons. The number of ether oxygens (including phenoxy) is 2. The number of rotatable bonds is 5. The van der Waals surface area contributed by atoms with Gasteiger partial charge in [-0.1, -0.05) is 11.6 Å². The standard InChI is InChI=1S/C18H16ClN3O4S2/c1-4-26-17(24)14-9(2)12(8-20)16(28-14)22-18(27)21-15(23)11-7-10(19)5-6-13(11)25-3/h5-7H,4H2,1-3H3,(H2,21,22,23,27). The van der Waals surface area contributed by atoms with Crippen LogP contribution in [0.4, 0.5) is 5.00 Å². The first kappa shape index (κ1) is 21.6. The second-order valence-corrected chi connectivity index (χ2v) is 7.21. The van der Waals surface area contributed by atoms with Gasteiger partial charge < -0.3 is 14.8 Å². The van der Waals surface area contributed by atoms with Crippen molar-refractivity contribution in [2.45, 2.75) is 13.8 Å². The third kappa shape index (κ3) is 4.78. The first-order chi connectivity index (χ1) is 13.3. The van der Waals surface area contributed by atoms with Crippen LogP contribution in [0.25, 0.3) is 0 Å². The van der Waals surface area contributed by atoms with Crippen molar-refractivity contribution in [3.8, 4) is 11.8 Å². The number of hydrogen-bond donors (Lipinski definition) is 2. The number of methoxy groups -OCH3 is 1. The van der Waals surface area contributed by atoms with Gasteiger partial charge in [-0.05, 0) is 49.8 Å². The van der Waals surface area contributed by atoms with Crippen molar-refractivity contribution < 1.29 is 19.1 Å². The molecule has 10 heteroatoms. The van der Waals surface area contributed by atoms with E-state index >= 15 is 0 Å². The Balaban J connectivity index is 2.21. The summed E-state index contributed by atoms with van der Waals surface area (Å²) < 4.78 is 10.1. The van der Waals surface area contributed by atoms with E-state index in [-0.39, 0.29) is 22.8 Å². The fraction of sp³-hybridized carbons (Fsp3) is 0.222. The second-order valence-electron chi connectivity index (χ2n) is 5.35. The predicted octanol–water partition coefficient (Wildman–Crippen LogP) is 3.89. The molecule has 28 heavy (non-hydrogen) atoms. The number of carbonyl (C=O) groups excluding carboxylic acids is 2. The van der Waals surface area contributed by atoms with Crippen molar-refractivity contribution in [1.82, 2.24) is 5.32 Å². The minimum absolute atomic E-state index is 0.0415. The van der Waals surface area contributed by atoms with Gasteiger partial charge in [-0.2, -0.15) is 5.26 Å². The molecule has 0 aliphatic rings. The van der Waals surface area contributed by atoms with Gasteiger partial charge >= 0.3 is 5.97 Å². The minimum Gasteiger partial charge on any atom is -0.496 e. The summed E-state index contributed by atoms with van der Waals surface area (Å²) in [6.45, 7) is 3.56. The Hall–Kier alpha value is -2.67. The van der Waals surface area contributed by atoms with E-state index in [4.69, 9.17) is 33.3 Å². The highest BCUT2D eigenvalue weighted by Gasteiger charge is 2.22. The van der Waals surface area contributed by atoms with Crippen molar-refractivity contribution in [2.24, 2.45) is 0 Å². The molecule has 0 spiro atoms. The summed E-state index contributed by atoms with van der Waals surface area (Å²) in [4.78, 5) is 24.8. The third-order valence-electron chi connectivity index (χ3n) is 3.58.